The zero-order valence-corrected chi connectivity index (χ0v) is 13.4. The van der Waals surface area contributed by atoms with Crippen LogP contribution in [0.5, 0.6) is 0 Å². The number of hydrogen-bond acceptors (Lipinski definition) is 4. The van der Waals surface area contributed by atoms with Gasteiger partial charge in [-0.15, -0.1) is 24.8 Å². The maximum Gasteiger partial charge on any atom is 0.148 e. The van der Waals surface area contributed by atoms with Gasteiger partial charge in [0.15, 0.2) is 0 Å². The Bertz CT molecular complexity index is 532. The third kappa shape index (κ3) is 5.13. The van der Waals surface area contributed by atoms with E-state index in [-0.39, 0.29) is 24.8 Å². The van der Waals surface area contributed by atoms with E-state index in [9.17, 15) is 0 Å². The predicted octanol–water partition coefficient (Wildman–Crippen LogP) is 3.35. The summed E-state index contributed by atoms with van der Waals surface area (Å²) in [5.41, 5.74) is 7.82. The van der Waals surface area contributed by atoms with Gasteiger partial charge in [-0.2, -0.15) is 0 Å². The van der Waals surface area contributed by atoms with Gasteiger partial charge in [-0.05, 0) is 18.1 Å². The summed E-state index contributed by atoms with van der Waals surface area (Å²) in [5, 5.41) is 3.72. The molecule has 0 atom stereocenters. The minimum atomic E-state index is 0. The lowest BCUT2D eigenvalue weighted by Gasteiger charge is -2.08. The molecule has 0 aliphatic heterocycles. The SMILES string of the molecule is Cc1ncc(Cl)c(NCc2ccc(CN)cc2)n1.Cl.Cl. The number of nitrogens with one attached hydrogen (secondary N) is 1. The highest BCUT2D eigenvalue weighted by atomic mass is 35.5. The molecule has 0 bridgehead atoms. The van der Waals surface area contributed by atoms with Gasteiger partial charge in [0.1, 0.15) is 16.7 Å². The second-order valence-electron chi connectivity index (χ2n) is 3.99. The molecular formula is C13H17Cl3N4. The van der Waals surface area contributed by atoms with Gasteiger partial charge >= 0.3 is 0 Å². The van der Waals surface area contributed by atoms with Crippen molar-refractivity contribution in [3.8, 4) is 0 Å². The predicted molar refractivity (Wildman–Crippen MR) is 87.9 cm³/mol. The Morgan fingerprint density at radius 3 is 2.35 bits per heavy atom. The average Bonchev–Trinajstić information content (AvgIpc) is 2.40. The Balaban J connectivity index is 0.00000180. The lowest BCUT2D eigenvalue weighted by atomic mass is 10.1. The molecule has 0 saturated heterocycles. The van der Waals surface area contributed by atoms with Gasteiger partial charge in [0.25, 0.3) is 0 Å². The number of rotatable bonds is 4. The van der Waals surface area contributed by atoms with Gasteiger partial charge in [0, 0.05) is 13.1 Å². The van der Waals surface area contributed by atoms with Gasteiger partial charge in [0.2, 0.25) is 0 Å². The molecule has 3 N–H and O–H groups in total. The molecule has 0 spiro atoms. The van der Waals surface area contributed by atoms with E-state index in [4.69, 9.17) is 17.3 Å². The molecule has 0 fully saturated rings. The summed E-state index contributed by atoms with van der Waals surface area (Å²) in [6.07, 6.45) is 1.60. The van der Waals surface area contributed by atoms with E-state index < -0.39 is 0 Å². The lowest BCUT2D eigenvalue weighted by molar-refractivity contribution is 1.02. The fraction of sp³-hybridized carbons (Fsp3) is 0.231. The minimum Gasteiger partial charge on any atom is -0.365 e. The van der Waals surface area contributed by atoms with Crippen LogP contribution in [0.3, 0.4) is 0 Å². The number of nitrogens with zero attached hydrogens (tertiary/aromatic N) is 2. The maximum atomic E-state index is 6.01. The molecule has 0 aliphatic rings. The fourth-order valence-corrected chi connectivity index (χ4v) is 1.72. The van der Waals surface area contributed by atoms with Gasteiger partial charge in [-0.1, -0.05) is 35.9 Å². The fourth-order valence-electron chi connectivity index (χ4n) is 1.56. The quantitative estimate of drug-likeness (QED) is 0.899. The molecule has 20 heavy (non-hydrogen) atoms. The molecule has 1 heterocycles. The van der Waals surface area contributed by atoms with Crippen LogP contribution in [-0.2, 0) is 13.1 Å². The number of nitrogens with two attached hydrogens (primary N) is 1. The van der Waals surface area contributed by atoms with E-state index in [1.54, 1.807) is 6.20 Å². The number of aromatic nitrogens is 2. The van der Waals surface area contributed by atoms with Crippen molar-refractivity contribution in [3.63, 3.8) is 0 Å². The van der Waals surface area contributed by atoms with Crippen LogP contribution in [0.15, 0.2) is 30.5 Å². The second-order valence-corrected chi connectivity index (χ2v) is 4.40. The summed E-state index contributed by atoms with van der Waals surface area (Å²) in [4.78, 5) is 8.27. The van der Waals surface area contributed by atoms with Crippen LogP contribution < -0.4 is 11.1 Å². The third-order valence-electron chi connectivity index (χ3n) is 2.58. The van der Waals surface area contributed by atoms with Crippen LogP contribution in [0.25, 0.3) is 0 Å². The standard InChI is InChI=1S/C13H15ClN4.2ClH/c1-9-16-8-12(14)13(18-9)17-7-11-4-2-10(6-15)3-5-11;;/h2-5,8H,6-7,15H2,1H3,(H,16,17,18);2*1H. The first kappa shape index (κ1) is 18.9. The van der Waals surface area contributed by atoms with Crippen molar-refractivity contribution < 1.29 is 0 Å². The van der Waals surface area contributed by atoms with Gasteiger partial charge < -0.3 is 11.1 Å². The molecule has 1 aromatic carbocycles. The highest BCUT2D eigenvalue weighted by Gasteiger charge is 2.02. The Morgan fingerprint density at radius 2 is 1.75 bits per heavy atom. The van der Waals surface area contributed by atoms with E-state index >= 15 is 0 Å². The van der Waals surface area contributed by atoms with E-state index in [1.165, 1.54) is 0 Å². The van der Waals surface area contributed by atoms with Crippen LogP contribution in [0.4, 0.5) is 5.82 Å². The summed E-state index contributed by atoms with van der Waals surface area (Å²) < 4.78 is 0. The molecule has 7 heteroatoms. The molecule has 1 aromatic heterocycles. The smallest absolute Gasteiger partial charge is 0.148 e. The van der Waals surface area contributed by atoms with E-state index in [0.29, 0.717) is 29.8 Å². The Kier molecular flexibility index (Phi) is 8.49. The Labute approximate surface area is 136 Å². The summed E-state index contributed by atoms with van der Waals surface area (Å²) >= 11 is 6.01. The number of anilines is 1. The maximum absolute atomic E-state index is 6.01. The first-order valence-electron chi connectivity index (χ1n) is 5.70. The van der Waals surface area contributed by atoms with Gasteiger partial charge in [0.05, 0.1) is 6.20 Å². The number of aryl methyl sites for hydroxylation is 1. The van der Waals surface area contributed by atoms with Crippen LogP contribution in [0.1, 0.15) is 17.0 Å². The monoisotopic (exact) mass is 334 g/mol. The van der Waals surface area contributed by atoms with Crippen molar-refractivity contribution in [2.24, 2.45) is 5.73 Å². The molecule has 0 amide bonds. The van der Waals surface area contributed by atoms with Crippen molar-refractivity contribution in [2.75, 3.05) is 5.32 Å². The molecule has 0 unspecified atom stereocenters. The van der Waals surface area contributed by atoms with E-state index in [0.717, 1.165) is 11.1 Å². The lowest BCUT2D eigenvalue weighted by Crippen LogP contribution is -2.04. The van der Waals surface area contributed by atoms with Crippen LogP contribution >= 0.6 is 36.4 Å². The van der Waals surface area contributed by atoms with E-state index in [2.05, 4.69) is 15.3 Å². The van der Waals surface area contributed by atoms with Gasteiger partial charge in [-0.3, -0.25) is 0 Å². The molecule has 110 valence electrons. The summed E-state index contributed by atoms with van der Waals surface area (Å²) in [7, 11) is 0. The summed E-state index contributed by atoms with van der Waals surface area (Å²) in [5.74, 6) is 1.35. The van der Waals surface area contributed by atoms with Gasteiger partial charge in [-0.25, -0.2) is 9.97 Å². The van der Waals surface area contributed by atoms with Crippen molar-refractivity contribution in [1.82, 2.24) is 9.97 Å². The second kappa shape index (κ2) is 8.97. The largest absolute Gasteiger partial charge is 0.365 e. The van der Waals surface area contributed by atoms with Crippen LogP contribution in [-0.4, -0.2) is 9.97 Å². The Hall–Kier alpha value is -1.07. The van der Waals surface area contributed by atoms with Crippen LogP contribution in [0.2, 0.25) is 5.02 Å². The molecule has 0 aliphatic carbocycles. The molecule has 4 nitrogen and oxygen atoms in total. The summed E-state index contributed by atoms with van der Waals surface area (Å²) in [6, 6.07) is 8.11. The van der Waals surface area contributed by atoms with Crippen molar-refractivity contribution in [1.29, 1.82) is 0 Å². The third-order valence-corrected chi connectivity index (χ3v) is 2.86. The number of hydrogen-bond donors (Lipinski definition) is 2. The summed E-state index contributed by atoms with van der Waals surface area (Å²) in [6.45, 7) is 3.06. The normalized spacial score (nSPS) is 9.35. The zero-order chi connectivity index (χ0) is 13.0. The highest BCUT2D eigenvalue weighted by Crippen LogP contribution is 2.18. The first-order valence-corrected chi connectivity index (χ1v) is 6.07. The average molecular weight is 336 g/mol. The topological polar surface area (TPSA) is 63.8 Å². The highest BCUT2D eigenvalue weighted by molar-refractivity contribution is 6.32. The molecule has 0 radical (unpaired) electrons. The van der Waals surface area contributed by atoms with Crippen molar-refractivity contribution in [3.05, 3.63) is 52.4 Å². The van der Waals surface area contributed by atoms with Crippen molar-refractivity contribution in [2.45, 2.75) is 20.0 Å². The molecule has 0 saturated carbocycles. The van der Waals surface area contributed by atoms with Crippen molar-refractivity contribution >= 4 is 42.2 Å². The zero-order valence-electron chi connectivity index (χ0n) is 11.0. The first-order chi connectivity index (χ1) is 8.69. The molecular weight excluding hydrogens is 319 g/mol. The molecule has 2 aromatic rings. The number of benzene rings is 1. The van der Waals surface area contributed by atoms with Crippen LogP contribution in [0, 0.1) is 6.92 Å². The minimum absolute atomic E-state index is 0. The number of halogens is 3. The molecule has 2 rings (SSSR count). The Morgan fingerprint density at radius 1 is 1.15 bits per heavy atom. The van der Waals surface area contributed by atoms with E-state index in [1.807, 2.05) is 31.2 Å².